The summed E-state index contributed by atoms with van der Waals surface area (Å²) in [7, 11) is 0. The average molecular weight is 236 g/mol. The molecule has 2 rings (SSSR count). The molecule has 0 saturated heterocycles. The Morgan fingerprint density at radius 1 is 1.47 bits per heavy atom. The summed E-state index contributed by atoms with van der Waals surface area (Å²) in [4.78, 5) is 35.2. The van der Waals surface area contributed by atoms with Gasteiger partial charge in [-0.15, -0.1) is 0 Å². The largest absolute Gasteiger partial charge is 0.477 e. The van der Waals surface area contributed by atoms with Gasteiger partial charge >= 0.3 is 11.7 Å². The number of carbonyl (C=O) groups is 1. The number of aromatic amines is 1. The maximum absolute atomic E-state index is 11.4. The van der Waals surface area contributed by atoms with Gasteiger partial charge in [0.05, 0.1) is 12.8 Å². The van der Waals surface area contributed by atoms with Crippen LogP contribution in [-0.2, 0) is 6.54 Å². The third kappa shape index (κ3) is 2.17. The highest BCUT2D eigenvalue weighted by atomic mass is 16.4. The van der Waals surface area contributed by atoms with E-state index in [-0.39, 0.29) is 6.54 Å². The Labute approximate surface area is 93.9 Å². The molecule has 2 aromatic heterocycles. The number of hydrogen-bond acceptors (Lipinski definition) is 4. The number of carboxylic acid groups (broad SMARTS) is 1. The van der Waals surface area contributed by atoms with E-state index in [1.165, 1.54) is 6.26 Å². The molecule has 88 valence electrons. The van der Waals surface area contributed by atoms with Crippen molar-refractivity contribution in [2.45, 2.75) is 6.54 Å². The second-order valence-electron chi connectivity index (χ2n) is 3.31. The number of hydrogen-bond donors (Lipinski definition) is 2. The van der Waals surface area contributed by atoms with Crippen molar-refractivity contribution in [3.8, 4) is 0 Å². The molecule has 0 fully saturated rings. The van der Waals surface area contributed by atoms with Gasteiger partial charge in [0.1, 0.15) is 11.3 Å². The normalized spacial score (nSPS) is 10.4. The van der Waals surface area contributed by atoms with Gasteiger partial charge in [-0.05, 0) is 12.1 Å². The molecular weight excluding hydrogens is 228 g/mol. The lowest BCUT2D eigenvalue weighted by molar-refractivity contribution is 0.0693. The van der Waals surface area contributed by atoms with Gasteiger partial charge in [-0.25, -0.2) is 9.59 Å². The van der Waals surface area contributed by atoms with E-state index in [9.17, 15) is 14.4 Å². The maximum atomic E-state index is 11.4. The Morgan fingerprint density at radius 3 is 2.82 bits per heavy atom. The van der Waals surface area contributed by atoms with Crippen LogP contribution in [-0.4, -0.2) is 20.6 Å². The minimum atomic E-state index is -1.39. The second kappa shape index (κ2) is 4.12. The first-order valence-electron chi connectivity index (χ1n) is 4.67. The lowest BCUT2D eigenvalue weighted by Crippen LogP contribution is -2.33. The van der Waals surface area contributed by atoms with Crippen LogP contribution in [0.15, 0.2) is 38.6 Å². The Kier molecular flexibility index (Phi) is 2.65. The van der Waals surface area contributed by atoms with Crippen LogP contribution in [0.2, 0.25) is 0 Å². The minimum Gasteiger partial charge on any atom is -0.477 e. The van der Waals surface area contributed by atoms with Crippen LogP contribution < -0.4 is 11.2 Å². The van der Waals surface area contributed by atoms with E-state index in [0.717, 1.165) is 10.8 Å². The van der Waals surface area contributed by atoms with Crippen molar-refractivity contribution in [1.82, 2.24) is 9.55 Å². The molecule has 0 radical (unpaired) electrons. The molecule has 0 aromatic carbocycles. The molecule has 17 heavy (non-hydrogen) atoms. The van der Waals surface area contributed by atoms with Gasteiger partial charge in [0.15, 0.2) is 0 Å². The third-order valence-electron chi connectivity index (χ3n) is 2.15. The van der Waals surface area contributed by atoms with Crippen LogP contribution in [0.25, 0.3) is 0 Å². The zero-order chi connectivity index (χ0) is 12.4. The number of nitrogens with zero attached hydrogens (tertiary/aromatic N) is 1. The van der Waals surface area contributed by atoms with Gasteiger partial charge in [-0.2, -0.15) is 0 Å². The van der Waals surface area contributed by atoms with E-state index in [1.54, 1.807) is 12.1 Å². The van der Waals surface area contributed by atoms with Gasteiger partial charge in [-0.3, -0.25) is 14.3 Å². The highest BCUT2D eigenvalue weighted by molar-refractivity contribution is 5.86. The van der Waals surface area contributed by atoms with Crippen LogP contribution in [0.3, 0.4) is 0 Å². The van der Waals surface area contributed by atoms with Crippen molar-refractivity contribution in [3.63, 3.8) is 0 Å². The number of H-pyrrole nitrogens is 1. The number of carboxylic acids is 1. The molecule has 0 amide bonds. The Hall–Kier alpha value is -2.57. The third-order valence-corrected chi connectivity index (χ3v) is 2.15. The molecule has 0 atom stereocenters. The number of furan rings is 1. The first kappa shape index (κ1) is 10.9. The first-order valence-corrected chi connectivity index (χ1v) is 4.67. The second-order valence-corrected chi connectivity index (χ2v) is 3.31. The molecule has 0 aliphatic carbocycles. The van der Waals surface area contributed by atoms with Crippen molar-refractivity contribution in [2.75, 3.05) is 0 Å². The van der Waals surface area contributed by atoms with Crippen LogP contribution in [0, 0.1) is 0 Å². The highest BCUT2D eigenvalue weighted by Gasteiger charge is 2.11. The highest BCUT2D eigenvalue weighted by Crippen LogP contribution is 2.01. The summed E-state index contributed by atoms with van der Waals surface area (Å²) < 4.78 is 6.08. The molecular formula is C10H8N2O5. The topological polar surface area (TPSA) is 105 Å². The zero-order valence-corrected chi connectivity index (χ0v) is 8.54. The van der Waals surface area contributed by atoms with Crippen molar-refractivity contribution >= 4 is 5.97 Å². The summed E-state index contributed by atoms with van der Waals surface area (Å²) in [6.07, 6.45) is 2.43. The van der Waals surface area contributed by atoms with Crippen LogP contribution >= 0.6 is 0 Å². The number of nitrogens with one attached hydrogen (secondary N) is 1. The molecule has 0 aliphatic heterocycles. The van der Waals surface area contributed by atoms with Crippen LogP contribution in [0.5, 0.6) is 0 Å². The summed E-state index contributed by atoms with van der Waals surface area (Å²) >= 11 is 0. The Morgan fingerprint density at radius 2 is 2.24 bits per heavy atom. The predicted octanol–water partition coefficient (Wildman–Crippen LogP) is -0.124. The average Bonchev–Trinajstić information content (AvgIpc) is 2.74. The monoisotopic (exact) mass is 236 g/mol. The number of rotatable bonds is 3. The molecule has 0 spiro atoms. The molecule has 2 N–H and O–H groups in total. The number of aromatic carboxylic acids is 1. The molecule has 0 aliphatic rings. The maximum Gasteiger partial charge on any atom is 0.342 e. The van der Waals surface area contributed by atoms with E-state index in [4.69, 9.17) is 9.52 Å². The summed E-state index contributed by atoms with van der Waals surface area (Å²) in [5.74, 6) is -0.907. The van der Waals surface area contributed by atoms with Crippen molar-refractivity contribution in [1.29, 1.82) is 0 Å². The standard InChI is InChI=1S/C10H8N2O5/c13-8-7(9(14)15)5-12(10(16)11-8)4-6-2-1-3-17-6/h1-3,5H,4H2,(H,14,15)(H,11,13,16). The van der Waals surface area contributed by atoms with E-state index in [0.29, 0.717) is 5.76 Å². The smallest absolute Gasteiger partial charge is 0.342 e. The van der Waals surface area contributed by atoms with E-state index >= 15 is 0 Å². The molecule has 0 saturated carbocycles. The van der Waals surface area contributed by atoms with Crippen molar-refractivity contribution in [2.24, 2.45) is 0 Å². The summed E-state index contributed by atoms with van der Waals surface area (Å²) in [6.45, 7) is 0.0584. The van der Waals surface area contributed by atoms with E-state index < -0.39 is 22.8 Å². The zero-order valence-electron chi connectivity index (χ0n) is 8.54. The predicted molar refractivity (Wildman–Crippen MR) is 56.1 cm³/mol. The van der Waals surface area contributed by atoms with Gasteiger partial charge in [0.2, 0.25) is 0 Å². The van der Waals surface area contributed by atoms with Crippen LogP contribution in [0.4, 0.5) is 0 Å². The van der Waals surface area contributed by atoms with Gasteiger partial charge in [-0.1, -0.05) is 0 Å². The summed E-state index contributed by atoms with van der Waals surface area (Å²) in [5, 5.41) is 8.75. The molecule has 0 bridgehead atoms. The van der Waals surface area contributed by atoms with E-state index in [1.807, 2.05) is 4.98 Å². The first-order chi connectivity index (χ1) is 8.08. The summed E-state index contributed by atoms with van der Waals surface area (Å²) in [5.41, 5.74) is -2.09. The molecule has 7 nitrogen and oxygen atoms in total. The van der Waals surface area contributed by atoms with Gasteiger partial charge in [0.25, 0.3) is 5.56 Å². The van der Waals surface area contributed by atoms with Crippen LogP contribution in [0.1, 0.15) is 16.1 Å². The van der Waals surface area contributed by atoms with Crippen molar-refractivity contribution in [3.05, 3.63) is 56.8 Å². The summed E-state index contributed by atoms with van der Waals surface area (Å²) in [6, 6.07) is 3.28. The lowest BCUT2D eigenvalue weighted by Gasteiger charge is -2.03. The Bertz CT molecular complexity index is 650. The fourth-order valence-electron chi connectivity index (χ4n) is 1.35. The van der Waals surface area contributed by atoms with E-state index in [2.05, 4.69) is 0 Å². The minimum absolute atomic E-state index is 0.0584. The fourth-order valence-corrected chi connectivity index (χ4v) is 1.35. The molecule has 2 aromatic rings. The SMILES string of the molecule is O=C(O)c1cn(Cc2ccco2)c(=O)[nH]c1=O. The fraction of sp³-hybridized carbons (Fsp3) is 0.100. The Balaban J connectivity index is 2.47. The quantitative estimate of drug-likeness (QED) is 0.772. The lowest BCUT2D eigenvalue weighted by atomic mass is 10.3. The van der Waals surface area contributed by atoms with Gasteiger partial charge < -0.3 is 9.52 Å². The molecule has 0 unspecified atom stereocenters. The van der Waals surface area contributed by atoms with Crippen molar-refractivity contribution < 1.29 is 14.3 Å². The van der Waals surface area contributed by atoms with Gasteiger partial charge in [0, 0.05) is 6.20 Å². The number of aromatic nitrogens is 2. The molecule has 7 heteroatoms. The molecule has 2 heterocycles.